The number of rotatable bonds is 4. The van der Waals surface area contributed by atoms with Crippen molar-refractivity contribution in [1.29, 1.82) is 0 Å². The minimum atomic E-state index is -0.287. The normalized spacial score (nSPS) is 13.4. The van der Waals surface area contributed by atoms with E-state index in [2.05, 4.69) is 16.2 Å². The van der Waals surface area contributed by atoms with Crippen molar-refractivity contribution in [2.24, 2.45) is 5.92 Å². The van der Waals surface area contributed by atoms with E-state index in [-0.39, 0.29) is 23.5 Å². The summed E-state index contributed by atoms with van der Waals surface area (Å²) in [6, 6.07) is 7.72. The number of benzene rings is 1. The molecule has 0 saturated heterocycles. The number of hydrogen-bond acceptors (Lipinski definition) is 6. The monoisotopic (exact) mass is 424 g/mol. The standard InChI is InChI=1S/C22H24N4O3S/c1-13(2)20(27)26-9-5-6-16-11-15(7-8-18(16)26)17-12-30-22(23-17)25(4)21(28)19-10-14(3)24-29-19/h7-8,10-13H,5-6,9H2,1-4H3. The average molecular weight is 425 g/mol. The molecule has 2 amide bonds. The van der Waals surface area contributed by atoms with Gasteiger partial charge in [-0.2, -0.15) is 0 Å². The maximum atomic E-state index is 12.6. The quantitative estimate of drug-likeness (QED) is 0.623. The van der Waals surface area contributed by atoms with Crippen LogP contribution in [0.25, 0.3) is 11.3 Å². The summed E-state index contributed by atoms with van der Waals surface area (Å²) in [4.78, 5) is 33.1. The molecule has 3 heterocycles. The van der Waals surface area contributed by atoms with E-state index in [1.54, 1.807) is 20.0 Å². The molecule has 0 spiro atoms. The lowest BCUT2D eigenvalue weighted by molar-refractivity contribution is -0.121. The maximum absolute atomic E-state index is 12.6. The van der Waals surface area contributed by atoms with E-state index in [9.17, 15) is 9.59 Å². The Morgan fingerprint density at radius 3 is 2.77 bits per heavy atom. The molecule has 3 aromatic rings. The van der Waals surface area contributed by atoms with E-state index >= 15 is 0 Å². The third kappa shape index (κ3) is 3.75. The Kier molecular flexibility index (Phi) is 5.42. The first-order valence-electron chi connectivity index (χ1n) is 9.96. The van der Waals surface area contributed by atoms with Crippen molar-refractivity contribution in [3.63, 3.8) is 0 Å². The van der Waals surface area contributed by atoms with Gasteiger partial charge in [-0.15, -0.1) is 11.3 Å². The number of nitrogens with zero attached hydrogens (tertiary/aromatic N) is 4. The van der Waals surface area contributed by atoms with Gasteiger partial charge in [0, 0.05) is 42.2 Å². The second-order valence-electron chi connectivity index (χ2n) is 7.80. The number of aromatic nitrogens is 2. The van der Waals surface area contributed by atoms with E-state index in [4.69, 9.17) is 4.52 Å². The van der Waals surface area contributed by atoms with Crippen LogP contribution < -0.4 is 9.80 Å². The summed E-state index contributed by atoms with van der Waals surface area (Å²) in [5.41, 5.74) is 4.59. The van der Waals surface area contributed by atoms with Crippen LogP contribution in [-0.4, -0.2) is 35.5 Å². The molecular formula is C22H24N4O3S. The number of aryl methyl sites for hydroxylation is 2. The van der Waals surface area contributed by atoms with Crippen LogP contribution in [0.1, 0.15) is 42.1 Å². The fraction of sp³-hybridized carbons (Fsp3) is 0.364. The summed E-state index contributed by atoms with van der Waals surface area (Å²) in [6.45, 7) is 6.39. The lowest BCUT2D eigenvalue weighted by Gasteiger charge is -2.31. The molecular weight excluding hydrogens is 400 g/mol. The summed E-state index contributed by atoms with van der Waals surface area (Å²) in [6.07, 6.45) is 1.89. The summed E-state index contributed by atoms with van der Waals surface area (Å²) in [5.74, 6) is 0.0283. The Balaban J connectivity index is 1.58. The van der Waals surface area contributed by atoms with Gasteiger partial charge in [0.05, 0.1) is 11.4 Å². The van der Waals surface area contributed by atoms with Crippen LogP contribution in [0.3, 0.4) is 0 Å². The van der Waals surface area contributed by atoms with E-state index in [0.717, 1.165) is 41.9 Å². The molecule has 1 aromatic carbocycles. The molecule has 0 N–H and O–H groups in total. The van der Waals surface area contributed by atoms with Crippen LogP contribution >= 0.6 is 11.3 Å². The van der Waals surface area contributed by atoms with Gasteiger partial charge in [-0.25, -0.2) is 4.98 Å². The van der Waals surface area contributed by atoms with Crippen molar-refractivity contribution in [3.05, 3.63) is 46.7 Å². The van der Waals surface area contributed by atoms with Gasteiger partial charge >= 0.3 is 0 Å². The van der Waals surface area contributed by atoms with E-state index < -0.39 is 0 Å². The molecule has 30 heavy (non-hydrogen) atoms. The topological polar surface area (TPSA) is 79.5 Å². The number of carbonyl (C=O) groups is 2. The highest BCUT2D eigenvalue weighted by Gasteiger charge is 2.25. The Labute approximate surface area is 179 Å². The van der Waals surface area contributed by atoms with E-state index in [1.807, 2.05) is 36.3 Å². The molecule has 0 saturated carbocycles. The lowest BCUT2D eigenvalue weighted by atomic mass is 9.97. The van der Waals surface area contributed by atoms with Crippen molar-refractivity contribution >= 4 is 34.0 Å². The molecule has 7 nitrogen and oxygen atoms in total. The fourth-order valence-corrected chi connectivity index (χ4v) is 4.36. The molecule has 0 fully saturated rings. The second kappa shape index (κ2) is 8.02. The highest BCUT2D eigenvalue weighted by Crippen LogP contribution is 2.34. The lowest BCUT2D eigenvalue weighted by Crippen LogP contribution is -2.38. The zero-order valence-electron chi connectivity index (χ0n) is 17.5. The highest BCUT2D eigenvalue weighted by molar-refractivity contribution is 7.14. The molecule has 2 aromatic heterocycles. The van der Waals surface area contributed by atoms with Gasteiger partial charge < -0.3 is 9.42 Å². The summed E-state index contributed by atoms with van der Waals surface area (Å²) < 4.78 is 5.07. The van der Waals surface area contributed by atoms with Crippen LogP contribution in [0.5, 0.6) is 0 Å². The third-order valence-electron chi connectivity index (χ3n) is 5.18. The Bertz CT molecular complexity index is 1100. The predicted molar refractivity (Wildman–Crippen MR) is 117 cm³/mol. The largest absolute Gasteiger partial charge is 0.351 e. The molecule has 0 bridgehead atoms. The molecule has 4 rings (SSSR count). The fourth-order valence-electron chi connectivity index (χ4n) is 3.56. The molecule has 8 heteroatoms. The van der Waals surface area contributed by atoms with Crippen molar-refractivity contribution in [2.45, 2.75) is 33.6 Å². The highest BCUT2D eigenvalue weighted by atomic mass is 32.1. The summed E-state index contributed by atoms with van der Waals surface area (Å²) in [7, 11) is 1.67. The first kappa shape index (κ1) is 20.3. The van der Waals surface area contributed by atoms with Crippen LogP contribution in [0.15, 0.2) is 34.2 Å². The summed E-state index contributed by atoms with van der Waals surface area (Å²) >= 11 is 1.40. The summed E-state index contributed by atoms with van der Waals surface area (Å²) in [5, 5.41) is 6.29. The number of thiazole rings is 1. The third-order valence-corrected chi connectivity index (χ3v) is 6.09. The molecule has 0 atom stereocenters. The number of carbonyl (C=O) groups excluding carboxylic acids is 2. The van der Waals surface area contributed by atoms with Crippen molar-refractivity contribution in [1.82, 2.24) is 10.1 Å². The Morgan fingerprint density at radius 1 is 1.27 bits per heavy atom. The van der Waals surface area contributed by atoms with Gasteiger partial charge in [-0.1, -0.05) is 25.1 Å². The smallest absolute Gasteiger partial charge is 0.298 e. The molecule has 156 valence electrons. The number of anilines is 2. The van der Waals surface area contributed by atoms with Gasteiger partial charge in [0.25, 0.3) is 5.91 Å². The second-order valence-corrected chi connectivity index (χ2v) is 8.64. The van der Waals surface area contributed by atoms with Crippen molar-refractivity contribution < 1.29 is 14.1 Å². The van der Waals surface area contributed by atoms with Crippen LogP contribution in [0.2, 0.25) is 0 Å². The molecule has 0 radical (unpaired) electrons. The molecule has 0 aliphatic carbocycles. The van der Waals surface area contributed by atoms with Gasteiger partial charge in [0.2, 0.25) is 11.7 Å². The zero-order valence-corrected chi connectivity index (χ0v) is 18.3. The Hall–Kier alpha value is -3.00. The van der Waals surface area contributed by atoms with Gasteiger partial charge in [-0.05, 0) is 37.5 Å². The molecule has 0 unspecified atom stereocenters. The number of hydrogen-bond donors (Lipinski definition) is 0. The van der Waals surface area contributed by atoms with Gasteiger partial charge in [0.1, 0.15) is 0 Å². The molecule has 1 aliphatic heterocycles. The van der Waals surface area contributed by atoms with Crippen LogP contribution in [0.4, 0.5) is 10.8 Å². The van der Waals surface area contributed by atoms with Gasteiger partial charge in [-0.3, -0.25) is 14.5 Å². The first-order valence-corrected chi connectivity index (χ1v) is 10.8. The SMILES string of the molecule is Cc1cc(C(=O)N(C)c2nc(-c3ccc4c(c3)CCCN4C(=O)C(C)C)cs2)on1. The van der Waals surface area contributed by atoms with Crippen molar-refractivity contribution in [2.75, 3.05) is 23.4 Å². The zero-order chi connectivity index (χ0) is 21.4. The maximum Gasteiger partial charge on any atom is 0.298 e. The number of fused-ring (bicyclic) bond motifs is 1. The van der Waals surface area contributed by atoms with E-state index in [0.29, 0.717) is 10.8 Å². The van der Waals surface area contributed by atoms with Crippen molar-refractivity contribution in [3.8, 4) is 11.3 Å². The number of amides is 2. The average Bonchev–Trinajstić information content (AvgIpc) is 3.40. The van der Waals surface area contributed by atoms with E-state index in [1.165, 1.54) is 16.2 Å². The molecule has 1 aliphatic rings. The van der Waals surface area contributed by atoms with Gasteiger partial charge in [0.15, 0.2) is 5.13 Å². The predicted octanol–water partition coefficient (Wildman–Crippen LogP) is 4.32. The van der Waals surface area contributed by atoms with Crippen LogP contribution in [0, 0.1) is 12.8 Å². The first-order chi connectivity index (χ1) is 14.3. The van der Waals surface area contributed by atoms with Crippen LogP contribution in [-0.2, 0) is 11.2 Å². The minimum Gasteiger partial charge on any atom is -0.351 e. The Morgan fingerprint density at radius 2 is 2.07 bits per heavy atom. The minimum absolute atomic E-state index is 0.0297.